The Hall–Kier alpha value is -2.24. The lowest BCUT2D eigenvalue weighted by Gasteiger charge is -2.24. The van der Waals surface area contributed by atoms with Crippen LogP contribution in [-0.2, 0) is 14.8 Å². The van der Waals surface area contributed by atoms with Crippen LogP contribution in [0.2, 0.25) is 0 Å². The Morgan fingerprint density at radius 3 is 2.71 bits per heavy atom. The third kappa shape index (κ3) is 4.39. The molecule has 4 rings (SSSR count). The third-order valence-electron chi connectivity index (χ3n) is 5.63. The summed E-state index contributed by atoms with van der Waals surface area (Å²) in [4.78, 5) is 13.0. The van der Waals surface area contributed by atoms with Gasteiger partial charge in [-0.3, -0.25) is 10.1 Å². The Bertz CT molecular complexity index is 1050. The predicted octanol–water partition coefficient (Wildman–Crippen LogP) is 3.00. The van der Waals surface area contributed by atoms with Gasteiger partial charge in [-0.2, -0.15) is 4.31 Å². The van der Waals surface area contributed by atoms with E-state index in [1.165, 1.54) is 27.8 Å². The number of hydrogen-bond acceptors (Lipinski definition) is 8. The quantitative estimate of drug-likeness (QED) is 0.668. The summed E-state index contributed by atoms with van der Waals surface area (Å²) in [6.07, 6.45) is 2.96. The summed E-state index contributed by atoms with van der Waals surface area (Å²) < 4.78 is 38.8. The number of fused-ring (bicyclic) bond motifs is 1. The smallest absolute Gasteiger partial charge is 0.244 e. The second kappa shape index (κ2) is 9.09. The highest BCUT2D eigenvalue weighted by atomic mass is 32.2. The SMILES string of the molecule is CCC(CC)c1nnc(NC(=O)C2CCCN2S(=O)(=O)c2ccc3c(c2)OCCO3)s1. The molecule has 1 saturated heterocycles. The van der Waals surface area contributed by atoms with Crippen LogP contribution >= 0.6 is 11.3 Å². The number of ether oxygens (including phenoxy) is 2. The van der Waals surface area contributed by atoms with Gasteiger partial charge in [0.25, 0.3) is 0 Å². The van der Waals surface area contributed by atoms with Gasteiger partial charge in [0, 0.05) is 18.5 Å². The summed E-state index contributed by atoms with van der Waals surface area (Å²) in [6, 6.07) is 3.75. The molecule has 1 N–H and O–H groups in total. The number of rotatable bonds is 7. The van der Waals surface area contributed by atoms with Crippen LogP contribution in [0.5, 0.6) is 11.5 Å². The Kier molecular flexibility index (Phi) is 6.44. The van der Waals surface area contributed by atoms with Crippen molar-refractivity contribution in [3.8, 4) is 11.5 Å². The zero-order valence-electron chi connectivity index (χ0n) is 17.5. The highest BCUT2D eigenvalue weighted by molar-refractivity contribution is 7.89. The number of carbonyl (C=O) groups is 1. The largest absolute Gasteiger partial charge is 0.486 e. The van der Waals surface area contributed by atoms with Gasteiger partial charge in [0.2, 0.25) is 21.1 Å². The van der Waals surface area contributed by atoms with E-state index in [4.69, 9.17) is 9.47 Å². The lowest BCUT2D eigenvalue weighted by molar-refractivity contribution is -0.119. The average molecular weight is 467 g/mol. The molecule has 1 amide bonds. The molecule has 2 aliphatic rings. The second-order valence-corrected chi connectivity index (χ2v) is 10.4. The minimum atomic E-state index is -3.87. The first-order valence-electron chi connectivity index (χ1n) is 10.5. The van der Waals surface area contributed by atoms with Gasteiger partial charge in [0.15, 0.2) is 11.5 Å². The molecule has 1 atom stereocenters. The van der Waals surface area contributed by atoms with Gasteiger partial charge >= 0.3 is 0 Å². The first-order chi connectivity index (χ1) is 14.9. The highest BCUT2D eigenvalue weighted by Crippen LogP contribution is 2.35. The molecule has 11 heteroatoms. The lowest BCUT2D eigenvalue weighted by Crippen LogP contribution is -2.43. The lowest BCUT2D eigenvalue weighted by atomic mass is 10.1. The van der Waals surface area contributed by atoms with Gasteiger partial charge in [-0.1, -0.05) is 25.2 Å². The van der Waals surface area contributed by atoms with Crippen LogP contribution in [0.25, 0.3) is 0 Å². The Labute approximate surface area is 185 Å². The van der Waals surface area contributed by atoms with Gasteiger partial charge in [0.05, 0.1) is 4.90 Å². The van der Waals surface area contributed by atoms with Crippen LogP contribution in [0, 0.1) is 0 Å². The van der Waals surface area contributed by atoms with Crippen molar-refractivity contribution < 1.29 is 22.7 Å². The molecule has 1 aromatic carbocycles. The topological polar surface area (TPSA) is 111 Å². The van der Waals surface area contributed by atoms with E-state index in [0.29, 0.717) is 48.6 Å². The molecule has 1 unspecified atom stereocenters. The van der Waals surface area contributed by atoms with Gasteiger partial charge in [0.1, 0.15) is 24.3 Å². The molecular formula is C20H26N4O5S2. The number of nitrogens with zero attached hydrogens (tertiary/aromatic N) is 3. The number of amides is 1. The number of hydrogen-bond donors (Lipinski definition) is 1. The van der Waals surface area contributed by atoms with Gasteiger partial charge in [-0.15, -0.1) is 10.2 Å². The van der Waals surface area contributed by atoms with Crippen molar-refractivity contribution in [1.82, 2.24) is 14.5 Å². The summed E-state index contributed by atoms with van der Waals surface area (Å²) in [5.74, 6) is 0.841. The Morgan fingerprint density at radius 1 is 1.23 bits per heavy atom. The molecule has 3 heterocycles. The van der Waals surface area contributed by atoms with Crippen molar-refractivity contribution in [2.75, 3.05) is 25.1 Å². The molecule has 1 aromatic heterocycles. The van der Waals surface area contributed by atoms with Crippen LogP contribution in [0.1, 0.15) is 50.5 Å². The maximum Gasteiger partial charge on any atom is 0.244 e. The van der Waals surface area contributed by atoms with Crippen molar-refractivity contribution in [3.05, 3.63) is 23.2 Å². The van der Waals surface area contributed by atoms with Crippen molar-refractivity contribution in [1.29, 1.82) is 0 Å². The maximum atomic E-state index is 13.3. The molecule has 0 radical (unpaired) electrons. The monoisotopic (exact) mass is 466 g/mol. The molecule has 0 aliphatic carbocycles. The predicted molar refractivity (Wildman–Crippen MR) is 116 cm³/mol. The number of aromatic nitrogens is 2. The number of sulfonamides is 1. The first-order valence-corrected chi connectivity index (χ1v) is 12.8. The summed E-state index contributed by atoms with van der Waals surface area (Å²) >= 11 is 1.35. The molecule has 31 heavy (non-hydrogen) atoms. The average Bonchev–Trinajstić information content (AvgIpc) is 3.45. The fraction of sp³-hybridized carbons (Fsp3) is 0.550. The number of carbonyl (C=O) groups excluding carboxylic acids is 1. The van der Waals surface area contributed by atoms with Crippen LogP contribution < -0.4 is 14.8 Å². The molecule has 0 saturated carbocycles. The van der Waals surface area contributed by atoms with E-state index in [0.717, 1.165) is 17.8 Å². The molecule has 2 aromatic rings. The summed E-state index contributed by atoms with van der Waals surface area (Å²) in [7, 11) is -3.87. The standard InChI is InChI=1S/C20H26N4O5S2/c1-3-13(4-2)19-22-23-20(30-19)21-18(25)15-6-5-9-24(15)31(26,27)14-7-8-16-17(12-14)29-11-10-28-16/h7-8,12-13,15H,3-6,9-11H2,1-2H3,(H,21,23,25). The minimum absolute atomic E-state index is 0.0865. The molecule has 168 valence electrons. The molecule has 2 aliphatic heterocycles. The van der Waals surface area contributed by atoms with E-state index in [1.807, 2.05) is 0 Å². The Morgan fingerprint density at radius 2 is 1.97 bits per heavy atom. The summed E-state index contributed by atoms with van der Waals surface area (Å²) in [5, 5.41) is 12.3. The minimum Gasteiger partial charge on any atom is -0.486 e. The van der Waals surface area contributed by atoms with Crippen LogP contribution in [0.15, 0.2) is 23.1 Å². The molecule has 1 fully saturated rings. The van der Waals surface area contributed by atoms with Gasteiger partial charge in [-0.25, -0.2) is 8.42 Å². The normalized spacial score (nSPS) is 19.0. The molecular weight excluding hydrogens is 440 g/mol. The molecule has 0 bridgehead atoms. The highest BCUT2D eigenvalue weighted by Gasteiger charge is 2.40. The zero-order chi connectivity index (χ0) is 22.0. The third-order valence-corrected chi connectivity index (χ3v) is 8.54. The van der Waals surface area contributed by atoms with Crippen molar-refractivity contribution in [2.24, 2.45) is 0 Å². The van der Waals surface area contributed by atoms with E-state index in [2.05, 4.69) is 29.4 Å². The summed E-state index contributed by atoms with van der Waals surface area (Å²) in [5.41, 5.74) is 0. The van der Waals surface area contributed by atoms with Crippen LogP contribution in [0.3, 0.4) is 0 Å². The van der Waals surface area contributed by atoms with Crippen molar-refractivity contribution in [3.63, 3.8) is 0 Å². The second-order valence-electron chi connectivity index (χ2n) is 7.53. The van der Waals surface area contributed by atoms with E-state index >= 15 is 0 Å². The van der Waals surface area contributed by atoms with E-state index in [1.54, 1.807) is 6.07 Å². The number of nitrogens with one attached hydrogen (secondary N) is 1. The zero-order valence-corrected chi connectivity index (χ0v) is 19.2. The van der Waals surface area contributed by atoms with E-state index < -0.39 is 16.1 Å². The number of benzene rings is 1. The van der Waals surface area contributed by atoms with E-state index in [9.17, 15) is 13.2 Å². The fourth-order valence-corrected chi connectivity index (χ4v) is 6.57. The Balaban J connectivity index is 1.51. The van der Waals surface area contributed by atoms with Gasteiger partial charge < -0.3 is 9.47 Å². The van der Waals surface area contributed by atoms with Gasteiger partial charge in [-0.05, 0) is 37.8 Å². The van der Waals surface area contributed by atoms with Crippen molar-refractivity contribution in [2.45, 2.75) is 56.4 Å². The first kappa shape index (κ1) is 22.0. The fourth-order valence-electron chi connectivity index (χ4n) is 3.89. The summed E-state index contributed by atoms with van der Waals surface area (Å²) in [6.45, 7) is 5.26. The van der Waals surface area contributed by atoms with Crippen LogP contribution in [-0.4, -0.2) is 54.6 Å². The molecule has 0 spiro atoms. The molecule has 9 nitrogen and oxygen atoms in total. The van der Waals surface area contributed by atoms with Crippen LogP contribution in [0.4, 0.5) is 5.13 Å². The maximum absolute atomic E-state index is 13.3. The van der Waals surface area contributed by atoms with Crippen molar-refractivity contribution >= 4 is 32.4 Å². The number of anilines is 1. The van der Waals surface area contributed by atoms with E-state index in [-0.39, 0.29) is 17.3 Å².